The van der Waals surface area contributed by atoms with E-state index < -0.39 is 6.98 Å². The van der Waals surface area contributed by atoms with Gasteiger partial charge in [0.15, 0.2) is 0 Å². The van der Waals surface area contributed by atoms with Crippen molar-refractivity contribution in [3.05, 3.63) is 95.6 Å². The van der Waals surface area contributed by atoms with Crippen LogP contribution in [0.4, 0.5) is 0 Å². The Balaban J connectivity index is 1.91. The van der Waals surface area contributed by atoms with Gasteiger partial charge in [-0.15, -0.1) is 0 Å². The number of hydrogen-bond acceptors (Lipinski definition) is 3. The van der Waals surface area contributed by atoms with Gasteiger partial charge in [0.1, 0.15) is 18.1 Å². The Hall–Kier alpha value is -3.04. The molecule has 3 aromatic carbocycles. The summed E-state index contributed by atoms with van der Waals surface area (Å²) in [7, 11) is 0. The summed E-state index contributed by atoms with van der Waals surface area (Å²) >= 11 is 0. The molecule has 0 aliphatic heterocycles. The van der Waals surface area contributed by atoms with Crippen molar-refractivity contribution in [2.75, 3.05) is 20.1 Å². The predicted octanol–water partition coefficient (Wildman–Crippen LogP) is 5.36. The first-order valence-electron chi connectivity index (χ1n) is 10.9. The summed E-state index contributed by atoms with van der Waals surface area (Å²) in [6.07, 6.45) is 0.827. The fraction of sp³-hybridized carbons (Fsp3) is 0.200. The van der Waals surface area contributed by atoms with Gasteiger partial charge in [0.25, 0.3) is 0 Å². The number of allylic oxidation sites excluding steroid dienone is 1. The Labute approximate surface area is 171 Å². The van der Waals surface area contributed by atoms with Crippen LogP contribution in [0.2, 0.25) is 0 Å². The SMILES string of the molecule is [2H]C([2H])([2H])NCCOc1ccc(/C(=C(\CC)c2ccc(O)cc2)c2ccccc2)cc1. The highest BCUT2D eigenvalue weighted by molar-refractivity contribution is 5.98. The molecule has 0 aromatic heterocycles. The lowest BCUT2D eigenvalue weighted by Gasteiger charge is -2.17. The molecule has 0 aliphatic rings. The Kier molecular flexibility index (Phi) is 5.57. The molecule has 0 fully saturated rings. The van der Waals surface area contributed by atoms with Crippen molar-refractivity contribution in [1.82, 2.24) is 5.32 Å². The van der Waals surface area contributed by atoms with Gasteiger partial charge >= 0.3 is 0 Å². The number of likely N-dealkylation sites (N-methyl/N-ethyl adjacent to an activating group) is 1. The van der Waals surface area contributed by atoms with Gasteiger partial charge in [-0.3, -0.25) is 0 Å². The number of benzene rings is 3. The molecule has 2 N–H and O–H groups in total. The van der Waals surface area contributed by atoms with Gasteiger partial charge in [0.2, 0.25) is 0 Å². The first-order chi connectivity index (χ1) is 14.9. The summed E-state index contributed by atoms with van der Waals surface area (Å²) in [5, 5.41) is 12.1. The molecule has 3 aromatic rings. The lowest BCUT2D eigenvalue weighted by Crippen LogP contribution is -2.15. The van der Waals surface area contributed by atoms with Gasteiger partial charge in [0.05, 0.1) is 0 Å². The third-order valence-electron chi connectivity index (χ3n) is 4.57. The van der Waals surface area contributed by atoms with E-state index in [2.05, 4.69) is 24.4 Å². The highest BCUT2D eigenvalue weighted by atomic mass is 16.5. The largest absolute Gasteiger partial charge is 0.508 e. The number of ether oxygens (including phenoxy) is 1. The number of nitrogens with one attached hydrogen (secondary N) is 1. The standard InChI is InChI=1S/C25H27NO2/c1-3-24(19-9-13-22(27)14-10-19)25(20-7-5-4-6-8-20)21-11-15-23(16-12-21)28-18-17-26-2/h4-16,26-27H,3,17-18H2,1-2H3/b25-24+/i2D3. The van der Waals surface area contributed by atoms with Crippen LogP contribution in [0.1, 0.15) is 34.1 Å². The van der Waals surface area contributed by atoms with Crippen LogP contribution in [0.15, 0.2) is 78.9 Å². The fourth-order valence-corrected chi connectivity index (χ4v) is 3.25. The lowest BCUT2D eigenvalue weighted by molar-refractivity contribution is 0.318. The number of rotatable bonds is 8. The third kappa shape index (κ3) is 4.81. The van der Waals surface area contributed by atoms with Crippen molar-refractivity contribution in [2.24, 2.45) is 0 Å². The second-order valence-electron chi connectivity index (χ2n) is 6.42. The van der Waals surface area contributed by atoms with E-state index in [9.17, 15) is 5.11 Å². The average molecular weight is 377 g/mol. The topological polar surface area (TPSA) is 41.5 Å². The minimum Gasteiger partial charge on any atom is -0.508 e. The molecule has 0 spiro atoms. The summed E-state index contributed by atoms with van der Waals surface area (Å²) in [5.41, 5.74) is 5.55. The molecule has 0 heterocycles. The molecule has 3 rings (SSSR count). The highest BCUT2D eigenvalue weighted by Gasteiger charge is 2.13. The second-order valence-corrected chi connectivity index (χ2v) is 6.42. The quantitative estimate of drug-likeness (QED) is 0.411. The predicted molar refractivity (Wildman–Crippen MR) is 117 cm³/mol. The molecule has 28 heavy (non-hydrogen) atoms. The van der Waals surface area contributed by atoms with Gasteiger partial charge in [-0.1, -0.05) is 61.5 Å². The van der Waals surface area contributed by atoms with Gasteiger partial charge < -0.3 is 15.2 Å². The molecular weight excluding hydrogens is 346 g/mol. The van der Waals surface area contributed by atoms with E-state index >= 15 is 0 Å². The normalized spacial score (nSPS) is 13.8. The minimum atomic E-state index is -2.16. The smallest absolute Gasteiger partial charge is 0.119 e. The van der Waals surface area contributed by atoms with Crippen LogP contribution in [0, 0.1) is 0 Å². The summed E-state index contributed by atoms with van der Waals surface area (Å²) < 4.78 is 27.2. The van der Waals surface area contributed by atoms with Gasteiger partial charge in [0, 0.05) is 10.7 Å². The maximum absolute atomic E-state index is 9.68. The zero-order valence-electron chi connectivity index (χ0n) is 19.0. The number of phenolic OH excluding ortho intramolecular Hbond substituents is 1. The summed E-state index contributed by atoms with van der Waals surface area (Å²) in [6.45, 7) is 0.481. The van der Waals surface area contributed by atoms with Crippen molar-refractivity contribution in [3.8, 4) is 11.5 Å². The second kappa shape index (κ2) is 9.77. The van der Waals surface area contributed by atoms with Crippen molar-refractivity contribution in [1.29, 1.82) is 0 Å². The number of hydrogen-bond donors (Lipinski definition) is 2. The summed E-state index contributed by atoms with van der Waals surface area (Å²) in [6, 6.07) is 25.4. The van der Waals surface area contributed by atoms with E-state index in [1.54, 1.807) is 12.1 Å². The molecule has 3 heteroatoms. The van der Waals surface area contributed by atoms with E-state index in [4.69, 9.17) is 8.85 Å². The van der Waals surface area contributed by atoms with Crippen molar-refractivity contribution in [3.63, 3.8) is 0 Å². The van der Waals surface area contributed by atoms with Crippen LogP contribution in [-0.4, -0.2) is 25.2 Å². The van der Waals surface area contributed by atoms with Crippen LogP contribution in [0.3, 0.4) is 0 Å². The third-order valence-corrected chi connectivity index (χ3v) is 4.57. The Morgan fingerprint density at radius 1 is 0.893 bits per heavy atom. The van der Waals surface area contributed by atoms with Crippen molar-refractivity contribution < 1.29 is 14.0 Å². The maximum atomic E-state index is 9.68. The zero-order valence-corrected chi connectivity index (χ0v) is 16.0. The fourth-order valence-electron chi connectivity index (χ4n) is 3.25. The maximum Gasteiger partial charge on any atom is 0.119 e. The van der Waals surface area contributed by atoms with Crippen LogP contribution in [0.25, 0.3) is 11.1 Å². The zero-order chi connectivity index (χ0) is 22.3. The molecule has 0 bridgehead atoms. The summed E-state index contributed by atoms with van der Waals surface area (Å²) in [4.78, 5) is 0. The monoisotopic (exact) mass is 376 g/mol. The molecule has 0 unspecified atom stereocenters. The molecular formula is C25H27NO2. The van der Waals surface area contributed by atoms with Crippen LogP contribution < -0.4 is 10.1 Å². The molecule has 0 amide bonds. The van der Waals surface area contributed by atoms with Gasteiger partial charge in [-0.2, -0.15) is 0 Å². The lowest BCUT2D eigenvalue weighted by atomic mass is 9.88. The van der Waals surface area contributed by atoms with E-state index in [1.165, 1.54) is 5.57 Å². The van der Waals surface area contributed by atoms with E-state index in [0.29, 0.717) is 5.75 Å². The molecule has 0 saturated heterocycles. The Morgan fingerprint density at radius 2 is 1.54 bits per heavy atom. The molecule has 144 valence electrons. The molecule has 0 saturated carbocycles. The van der Waals surface area contributed by atoms with Crippen LogP contribution >= 0.6 is 0 Å². The molecule has 0 radical (unpaired) electrons. The van der Waals surface area contributed by atoms with Gasteiger partial charge in [-0.25, -0.2) is 0 Å². The van der Waals surface area contributed by atoms with Crippen molar-refractivity contribution >= 4 is 11.1 Å². The van der Waals surface area contributed by atoms with E-state index in [1.807, 2.05) is 54.6 Å². The van der Waals surface area contributed by atoms with Crippen LogP contribution in [-0.2, 0) is 0 Å². The van der Waals surface area contributed by atoms with Crippen molar-refractivity contribution in [2.45, 2.75) is 13.3 Å². The number of aromatic hydroxyl groups is 1. The van der Waals surface area contributed by atoms with E-state index in [-0.39, 0.29) is 18.9 Å². The molecule has 0 aliphatic carbocycles. The van der Waals surface area contributed by atoms with E-state index in [0.717, 1.165) is 28.7 Å². The number of phenols is 1. The summed E-state index contributed by atoms with van der Waals surface area (Å²) in [5.74, 6) is 0.932. The molecule has 0 atom stereocenters. The molecule has 3 nitrogen and oxygen atoms in total. The van der Waals surface area contributed by atoms with Gasteiger partial charge in [-0.05, 0) is 65.5 Å². The highest BCUT2D eigenvalue weighted by Crippen LogP contribution is 2.35. The average Bonchev–Trinajstić information content (AvgIpc) is 2.76. The first-order valence-corrected chi connectivity index (χ1v) is 9.43. The van der Waals surface area contributed by atoms with Crippen LogP contribution in [0.5, 0.6) is 11.5 Å². The minimum absolute atomic E-state index is 0.244. The Bertz CT molecular complexity index is 996. The Morgan fingerprint density at radius 3 is 2.18 bits per heavy atom. The first kappa shape index (κ1) is 16.0.